The van der Waals surface area contributed by atoms with E-state index in [1.807, 2.05) is 30.5 Å². The minimum absolute atomic E-state index is 0.390. The number of nitrogens with zero attached hydrogens (tertiary/aromatic N) is 1. The second-order valence-electron chi connectivity index (χ2n) is 6.93. The van der Waals surface area contributed by atoms with Crippen molar-refractivity contribution in [2.75, 3.05) is 18.2 Å². The highest BCUT2D eigenvalue weighted by Crippen LogP contribution is 2.39. The van der Waals surface area contributed by atoms with Gasteiger partial charge in [0.2, 0.25) is 0 Å². The Bertz CT molecular complexity index is 971. The fourth-order valence-corrected chi connectivity index (χ4v) is 4.97. The quantitative estimate of drug-likeness (QED) is 0.413. The number of fused-ring (bicyclic) bond motifs is 1. The lowest BCUT2D eigenvalue weighted by molar-refractivity contribution is -0.142. The number of rotatable bonds is 6. The predicted molar refractivity (Wildman–Crippen MR) is 117 cm³/mol. The van der Waals surface area contributed by atoms with E-state index >= 15 is 0 Å². The van der Waals surface area contributed by atoms with Gasteiger partial charge in [0.05, 0.1) is 5.56 Å². The molecule has 1 aromatic heterocycles. The molecule has 29 heavy (non-hydrogen) atoms. The zero-order valence-corrected chi connectivity index (χ0v) is 18.0. The summed E-state index contributed by atoms with van der Waals surface area (Å²) in [6.45, 7) is 1.80. The lowest BCUT2D eigenvalue weighted by atomic mass is 9.89. The summed E-state index contributed by atoms with van der Waals surface area (Å²) < 4.78 is 5.02. The van der Waals surface area contributed by atoms with Crippen LogP contribution in [-0.4, -0.2) is 24.7 Å². The van der Waals surface area contributed by atoms with Crippen molar-refractivity contribution in [3.8, 4) is 6.07 Å². The molecule has 5 nitrogen and oxygen atoms in total. The van der Waals surface area contributed by atoms with E-state index in [9.17, 15) is 14.9 Å². The molecule has 1 aliphatic rings. The van der Waals surface area contributed by atoms with Crippen LogP contribution in [-0.2, 0) is 27.2 Å². The standard InChI is InChI=1S/C22H22N2O3S2/c1-14-3-9-17-18(12-23)22(29-19(17)11-14)24-20(25)13-27-21(26)10-6-15-4-7-16(28-2)8-5-15/h4-8,10,14H,3,9,11,13H2,1-2H3,(H,24,25). The highest BCUT2D eigenvalue weighted by Gasteiger charge is 2.24. The number of anilines is 1. The van der Waals surface area contributed by atoms with Crippen molar-refractivity contribution < 1.29 is 14.3 Å². The van der Waals surface area contributed by atoms with Crippen molar-refractivity contribution in [3.63, 3.8) is 0 Å². The molecule has 0 fully saturated rings. The van der Waals surface area contributed by atoms with Gasteiger partial charge in [-0.2, -0.15) is 5.26 Å². The number of ether oxygens (including phenoxy) is 1. The summed E-state index contributed by atoms with van der Waals surface area (Å²) in [7, 11) is 0. The number of hydrogen-bond acceptors (Lipinski definition) is 6. The summed E-state index contributed by atoms with van der Waals surface area (Å²) >= 11 is 3.10. The molecule has 1 N–H and O–H groups in total. The van der Waals surface area contributed by atoms with Gasteiger partial charge in [-0.15, -0.1) is 23.1 Å². The van der Waals surface area contributed by atoms with E-state index in [0.717, 1.165) is 35.3 Å². The second kappa shape index (κ2) is 9.77. The van der Waals surface area contributed by atoms with Gasteiger partial charge in [0, 0.05) is 15.8 Å². The normalized spacial score (nSPS) is 15.6. The first-order valence-corrected chi connectivity index (χ1v) is 11.4. The van der Waals surface area contributed by atoms with Crippen LogP contribution in [0, 0.1) is 17.2 Å². The minimum atomic E-state index is -0.589. The van der Waals surface area contributed by atoms with Crippen LogP contribution < -0.4 is 5.32 Å². The van der Waals surface area contributed by atoms with Crippen LogP contribution >= 0.6 is 23.1 Å². The van der Waals surface area contributed by atoms with Gasteiger partial charge >= 0.3 is 5.97 Å². The van der Waals surface area contributed by atoms with Gasteiger partial charge in [-0.3, -0.25) is 4.79 Å². The van der Waals surface area contributed by atoms with Crippen LogP contribution in [0.1, 0.15) is 34.9 Å². The van der Waals surface area contributed by atoms with Crippen LogP contribution in [0.25, 0.3) is 6.08 Å². The fourth-order valence-electron chi connectivity index (χ4n) is 3.18. The molecule has 3 rings (SSSR count). The highest BCUT2D eigenvalue weighted by atomic mass is 32.2. The van der Waals surface area contributed by atoms with Crippen molar-refractivity contribution in [1.82, 2.24) is 0 Å². The average Bonchev–Trinajstić information content (AvgIpc) is 3.06. The van der Waals surface area contributed by atoms with Crippen molar-refractivity contribution in [2.45, 2.75) is 31.1 Å². The molecule has 1 atom stereocenters. The first kappa shape index (κ1) is 21.2. The molecule has 150 valence electrons. The number of carbonyl (C=O) groups is 2. The molecule has 1 heterocycles. The Morgan fingerprint density at radius 3 is 2.83 bits per heavy atom. The molecular weight excluding hydrogens is 404 g/mol. The number of benzene rings is 1. The first-order valence-electron chi connectivity index (χ1n) is 9.33. The third-order valence-corrected chi connectivity index (χ3v) is 6.66. The Morgan fingerprint density at radius 1 is 1.38 bits per heavy atom. The number of hydrogen-bond donors (Lipinski definition) is 1. The molecule has 2 aromatic rings. The van der Waals surface area contributed by atoms with E-state index < -0.39 is 18.5 Å². The molecular formula is C22H22N2O3S2. The third-order valence-electron chi connectivity index (χ3n) is 4.75. The molecule has 0 radical (unpaired) electrons. The summed E-state index contributed by atoms with van der Waals surface area (Å²) in [5.74, 6) is -0.450. The SMILES string of the molecule is CSc1ccc(C=CC(=O)OCC(=O)Nc2sc3c(c2C#N)CCC(C)C3)cc1. The minimum Gasteiger partial charge on any atom is -0.452 e. The molecule has 0 bridgehead atoms. The van der Waals surface area contributed by atoms with Gasteiger partial charge in [0.25, 0.3) is 5.91 Å². The van der Waals surface area contributed by atoms with Crippen LogP contribution in [0.4, 0.5) is 5.00 Å². The van der Waals surface area contributed by atoms with E-state index in [-0.39, 0.29) is 0 Å². The smallest absolute Gasteiger partial charge is 0.331 e. The van der Waals surface area contributed by atoms with Gasteiger partial charge < -0.3 is 10.1 Å². The van der Waals surface area contributed by atoms with Crippen LogP contribution in [0.3, 0.4) is 0 Å². The maximum absolute atomic E-state index is 12.2. The predicted octanol–water partition coefficient (Wildman–Crippen LogP) is 4.66. The van der Waals surface area contributed by atoms with Crippen molar-refractivity contribution in [3.05, 3.63) is 51.9 Å². The molecule has 7 heteroatoms. The number of nitrogens with one attached hydrogen (secondary N) is 1. The first-order chi connectivity index (χ1) is 14.0. The van der Waals surface area contributed by atoms with E-state index in [4.69, 9.17) is 4.74 Å². The Kier molecular flexibility index (Phi) is 7.13. The Labute approximate surface area is 178 Å². The highest BCUT2D eigenvalue weighted by molar-refractivity contribution is 7.98. The number of amides is 1. The Balaban J connectivity index is 1.54. The van der Waals surface area contributed by atoms with Crippen LogP contribution in [0.2, 0.25) is 0 Å². The molecule has 1 aliphatic carbocycles. The van der Waals surface area contributed by atoms with Crippen molar-refractivity contribution >= 4 is 46.1 Å². The third kappa shape index (κ3) is 5.49. The number of thiophene rings is 1. The molecule has 0 spiro atoms. The van der Waals surface area contributed by atoms with Gasteiger partial charge in [-0.1, -0.05) is 19.1 Å². The Morgan fingerprint density at radius 2 is 2.14 bits per heavy atom. The second-order valence-corrected chi connectivity index (χ2v) is 8.91. The van der Waals surface area contributed by atoms with Gasteiger partial charge in [-0.05, 0) is 60.8 Å². The lowest BCUT2D eigenvalue weighted by Crippen LogP contribution is -2.20. The summed E-state index contributed by atoms with van der Waals surface area (Å²) in [6, 6.07) is 9.97. The summed E-state index contributed by atoms with van der Waals surface area (Å²) in [5.41, 5.74) is 2.48. The number of carbonyl (C=O) groups excluding carboxylic acids is 2. The van der Waals surface area contributed by atoms with E-state index in [1.54, 1.807) is 17.8 Å². The van der Waals surface area contributed by atoms with Gasteiger partial charge in [-0.25, -0.2) is 4.79 Å². The monoisotopic (exact) mass is 426 g/mol. The van der Waals surface area contributed by atoms with E-state index in [2.05, 4.69) is 18.3 Å². The zero-order chi connectivity index (χ0) is 20.8. The summed E-state index contributed by atoms with van der Waals surface area (Å²) in [5, 5.41) is 12.8. The molecule has 1 unspecified atom stereocenters. The van der Waals surface area contributed by atoms with E-state index in [1.165, 1.54) is 22.3 Å². The van der Waals surface area contributed by atoms with Gasteiger partial charge in [0.15, 0.2) is 6.61 Å². The fraction of sp³-hybridized carbons (Fsp3) is 0.318. The molecule has 1 aromatic carbocycles. The average molecular weight is 427 g/mol. The van der Waals surface area contributed by atoms with Crippen molar-refractivity contribution in [2.24, 2.45) is 5.92 Å². The maximum atomic E-state index is 12.2. The number of thioether (sulfide) groups is 1. The largest absolute Gasteiger partial charge is 0.452 e. The zero-order valence-electron chi connectivity index (χ0n) is 16.4. The number of nitriles is 1. The maximum Gasteiger partial charge on any atom is 0.331 e. The van der Waals surface area contributed by atoms with Gasteiger partial charge in [0.1, 0.15) is 11.1 Å². The number of esters is 1. The molecule has 1 amide bonds. The summed E-state index contributed by atoms with van der Waals surface area (Å²) in [4.78, 5) is 26.4. The lowest BCUT2D eigenvalue weighted by Gasteiger charge is -2.17. The van der Waals surface area contributed by atoms with Crippen molar-refractivity contribution in [1.29, 1.82) is 5.26 Å². The molecule has 0 aliphatic heterocycles. The molecule has 0 saturated carbocycles. The van der Waals surface area contributed by atoms with Crippen LogP contribution in [0.5, 0.6) is 0 Å². The topological polar surface area (TPSA) is 79.2 Å². The van der Waals surface area contributed by atoms with Crippen LogP contribution in [0.15, 0.2) is 35.2 Å². The van der Waals surface area contributed by atoms with E-state index in [0.29, 0.717) is 16.5 Å². The molecule has 0 saturated heterocycles. The summed E-state index contributed by atoms with van der Waals surface area (Å²) in [6.07, 6.45) is 7.79. The Hall–Kier alpha value is -2.56.